The molecule has 4 saturated heterocycles. The number of rotatable bonds is 7. The molecule has 0 radical (unpaired) electrons. The number of ether oxygens (including phenoxy) is 1. The normalized spacial score (nSPS) is 26.0. The highest BCUT2D eigenvalue weighted by Gasteiger charge is 2.46. The Morgan fingerprint density at radius 2 is 1.61 bits per heavy atom. The number of imide groups is 1. The lowest BCUT2D eigenvalue weighted by molar-refractivity contribution is -0.136. The number of likely N-dealkylation sites (tertiary alicyclic amines) is 1. The Kier molecular flexibility index (Phi) is 9.50. The van der Waals surface area contributed by atoms with E-state index in [4.69, 9.17) is 20.6 Å². The number of carbonyl (C=O) groups excluding carboxylic acids is 4. The van der Waals surface area contributed by atoms with E-state index in [0.717, 1.165) is 73.0 Å². The summed E-state index contributed by atoms with van der Waals surface area (Å²) in [5, 5.41) is 9.57. The van der Waals surface area contributed by atoms with Crippen molar-refractivity contribution in [3.63, 3.8) is 0 Å². The quantitative estimate of drug-likeness (QED) is 0.341. The summed E-state index contributed by atoms with van der Waals surface area (Å²) in [6.45, 7) is 6.34. The van der Waals surface area contributed by atoms with Crippen molar-refractivity contribution in [2.75, 3.05) is 57.3 Å². The van der Waals surface area contributed by atoms with Gasteiger partial charge in [0.05, 0.1) is 11.8 Å². The number of amides is 5. The van der Waals surface area contributed by atoms with Gasteiger partial charge in [-0.3, -0.25) is 29.6 Å². The maximum absolute atomic E-state index is 14.0. The van der Waals surface area contributed by atoms with E-state index >= 15 is 0 Å². The molecule has 16 heteroatoms. The third kappa shape index (κ3) is 6.94. The van der Waals surface area contributed by atoms with Crippen LogP contribution in [0.2, 0.25) is 0 Å². The topological polar surface area (TPSA) is 172 Å². The highest BCUT2D eigenvalue weighted by atomic mass is 16.5. The number of aliphatic imine (C=N–C) groups is 2. The third-order valence-corrected chi connectivity index (χ3v) is 12.8. The minimum Gasteiger partial charge on any atom is -0.457 e. The molecule has 59 heavy (non-hydrogen) atoms. The number of anilines is 1. The van der Waals surface area contributed by atoms with E-state index in [1.165, 1.54) is 6.34 Å². The zero-order valence-electron chi connectivity index (χ0n) is 32.7. The van der Waals surface area contributed by atoms with E-state index in [-0.39, 0.29) is 42.4 Å². The lowest BCUT2D eigenvalue weighted by atomic mass is 9.92. The Balaban J connectivity index is 0.732. The standard InChI is InChI=1S/C43H47N11O5/c44-39-37-38(27-8-11-33(12-9-27)59-32-6-2-1-3-7-32)48-54(40(37)46-26-45-39)30-5-4-16-51(23-30)43(58)50-19-17-49(18-20-50)31-24-52(25-31)29-10-13-34-28(21-29)22-53(42(34)57)35-14-15-36(55)47-41(35)56/h1-3,6-13,21,26,30-31,35,37,40H,4-5,14-20,22-25H2,(H2,44,45,46)(H,47,55,56). The Morgan fingerprint density at radius 1 is 0.831 bits per heavy atom. The molecular formula is C43H47N11O5. The first-order valence-electron chi connectivity index (χ1n) is 20.6. The van der Waals surface area contributed by atoms with Gasteiger partial charge in [-0.15, -0.1) is 0 Å². The van der Waals surface area contributed by atoms with Gasteiger partial charge in [0.15, 0.2) is 6.17 Å². The number of hydrazone groups is 1. The third-order valence-electron chi connectivity index (χ3n) is 12.8. The minimum atomic E-state index is -0.621. The van der Waals surface area contributed by atoms with Crippen LogP contribution in [0.3, 0.4) is 0 Å². The highest BCUT2D eigenvalue weighted by molar-refractivity contribution is 6.17. The molecule has 3 aromatic carbocycles. The molecule has 16 nitrogen and oxygen atoms in total. The van der Waals surface area contributed by atoms with Gasteiger partial charge in [-0.05, 0) is 85.0 Å². The Labute approximate surface area is 341 Å². The molecule has 0 aromatic heterocycles. The Bertz CT molecular complexity index is 2250. The lowest BCUT2D eigenvalue weighted by Gasteiger charge is -2.49. The first-order valence-corrected chi connectivity index (χ1v) is 20.6. The molecule has 7 aliphatic rings. The molecule has 3 N–H and O–H groups in total. The highest BCUT2D eigenvalue weighted by Crippen LogP contribution is 2.35. The molecule has 7 heterocycles. The largest absolute Gasteiger partial charge is 0.457 e. The first kappa shape index (κ1) is 37.0. The van der Waals surface area contributed by atoms with Crippen LogP contribution < -0.4 is 20.7 Å². The van der Waals surface area contributed by atoms with Crippen molar-refractivity contribution in [3.8, 4) is 11.5 Å². The van der Waals surface area contributed by atoms with Crippen molar-refractivity contribution in [1.82, 2.24) is 29.9 Å². The van der Waals surface area contributed by atoms with Gasteiger partial charge in [-0.1, -0.05) is 18.2 Å². The van der Waals surface area contributed by atoms with Crippen molar-refractivity contribution in [3.05, 3.63) is 89.5 Å². The molecule has 0 spiro atoms. The molecule has 5 amide bonds. The van der Waals surface area contributed by atoms with Crippen LogP contribution in [0.1, 0.15) is 47.2 Å². The second kappa shape index (κ2) is 15.1. The van der Waals surface area contributed by atoms with Crippen LogP contribution in [-0.4, -0.2) is 143 Å². The number of benzene rings is 3. The van der Waals surface area contributed by atoms with Gasteiger partial charge >= 0.3 is 6.03 Å². The number of fused-ring (bicyclic) bond motifs is 2. The molecule has 4 unspecified atom stereocenters. The van der Waals surface area contributed by atoms with Crippen LogP contribution in [0.25, 0.3) is 0 Å². The molecule has 3 aromatic rings. The number of para-hydroxylation sites is 1. The summed E-state index contributed by atoms with van der Waals surface area (Å²) in [7, 11) is 0. The van der Waals surface area contributed by atoms with E-state index in [0.29, 0.717) is 56.6 Å². The Hall–Kier alpha value is -6.29. The van der Waals surface area contributed by atoms with Gasteiger partial charge in [0.25, 0.3) is 5.91 Å². The Morgan fingerprint density at radius 3 is 2.39 bits per heavy atom. The molecule has 0 saturated carbocycles. The van der Waals surface area contributed by atoms with Crippen molar-refractivity contribution >= 4 is 47.3 Å². The fraction of sp³-hybridized carbons (Fsp3) is 0.419. The van der Waals surface area contributed by atoms with Crippen molar-refractivity contribution in [2.24, 2.45) is 26.7 Å². The maximum atomic E-state index is 14.0. The zero-order chi connectivity index (χ0) is 40.2. The molecular weight excluding hydrogens is 751 g/mol. The van der Waals surface area contributed by atoms with Crippen LogP contribution in [-0.2, 0) is 16.1 Å². The number of piperidine rings is 2. The molecule has 4 fully saturated rings. The first-order chi connectivity index (χ1) is 28.8. The zero-order valence-corrected chi connectivity index (χ0v) is 32.7. The molecule has 10 rings (SSSR count). The number of nitrogens with one attached hydrogen (secondary N) is 1. The molecule has 7 aliphatic heterocycles. The predicted octanol–water partition coefficient (Wildman–Crippen LogP) is 2.69. The number of nitrogens with two attached hydrogens (primary N) is 1. The van der Waals surface area contributed by atoms with E-state index in [1.54, 1.807) is 4.90 Å². The predicted molar refractivity (Wildman–Crippen MR) is 220 cm³/mol. The van der Waals surface area contributed by atoms with E-state index in [2.05, 4.69) is 31.2 Å². The average molecular weight is 798 g/mol. The summed E-state index contributed by atoms with van der Waals surface area (Å²) >= 11 is 0. The van der Waals surface area contributed by atoms with E-state index < -0.39 is 11.9 Å². The van der Waals surface area contributed by atoms with Crippen molar-refractivity contribution in [1.29, 1.82) is 0 Å². The molecule has 4 atom stereocenters. The fourth-order valence-corrected chi connectivity index (χ4v) is 9.57. The summed E-state index contributed by atoms with van der Waals surface area (Å²) in [4.78, 5) is 70.7. The van der Waals surface area contributed by atoms with Gasteiger partial charge in [0, 0.05) is 82.6 Å². The van der Waals surface area contributed by atoms with Crippen molar-refractivity contribution < 1.29 is 23.9 Å². The summed E-state index contributed by atoms with van der Waals surface area (Å²) in [5.74, 6) is 0.839. The smallest absolute Gasteiger partial charge is 0.320 e. The van der Waals surface area contributed by atoms with Gasteiger partial charge in [-0.25, -0.2) is 14.8 Å². The number of urea groups is 1. The second-order valence-corrected chi connectivity index (χ2v) is 16.4. The second-order valence-electron chi connectivity index (χ2n) is 16.4. The summed E-state index contributed by atoms with van der Waals surface area (Å²) in [5.41, 5.74) is 10.8. The van der Waals surface area contributed by atoms with E-state index in [9.17, 15) is 19.2 Å². The van der Waals surface area contributed by atoms with Crippen LogP contribution in [0, 0.1) is 5.92 Å². The summed E-state index contributed by atoms with van der Waals surface area (Å²) in [6.07, 6.45) is 3.56. The maximum Gasteiger partial charge on any atom is 0.320 e. The summed E-state index contributed by atoms with van der Waals surface area (Å²) < 4.78 is 6.01. The SMILES string of the molecule is NC1=NC=NC2C1C(c1ccc(Oc3ccccc3)cc1)=NN2C1CCCN(C(=O)N2CCN(C3CN(c4ccc5c(c4)CN(C4CCC(=O)NC4=O)C5=O)C3)CC2)C1. The van der Waals surface area contributed by atoms with Crippen LogP contribution in [0.15, 0.2) is 87.9 Å². The van der Waals surface area contributed by atoms with Crippen LogP contribution in [0.5, 0.6) is 11.5 Å². The van der Waals surface area contributed by atoms with E-state index in [1.807, 2.05) is 76.5 Å². The van der Waals surface area contributed by atoms with Gasteiger partial charge in [0.2, 0.25) is 11.8 Å². The van der Waals surface area contributed by atoms with Gasteiger partial charge in [0.1, 0.15) is 35.6 Å². The number of nitrogens with zero attached hydrogens (tertiary/aromatic N) is 9. The number of hydrogen-bond acceptors (Lipinski definition) is 12. The molecule has 304 valence electrons. The number of carbonyl (C=O) groups is 4. The number of hydrogen-bond donors (Lipinski definition) is 2. The van der Waals surface area contributed by atoms with Crippen LogP contribution in [0.4, 0.5) is 10.5 Å². The number of amidine groups is 1. The summed E-state index contributed by atoms with van der Waals surface area (Å²) in [6, 6.07) is 23.3. The number of piperazine rings is 1. The molecule has 0 aliphatic carbocycles. The van der Waals surface area contributed by atoms with Gasteiger partial charge < -0.3 is 30.1 Å². The lowest BCUT2D eigenvalue weighted by Crippen LogP contribution is -2.64. The molecule has 0 bridgehead atoms. The van der Waals surface area contributed by atoms with Crippen molar-refractivity contribution in [2.45, 2.75) is 56.5 Å². The van der Waals surface area contributed by atoms with Crippen LogP contribution >= 0.6 is 0 Å². The monoisotopic (exact) mass is 797 g/mol. The fourth-order valence-electron chi connectivity index (χ4n) is 9.57. The average Bonchev–Trinajstić information content (AvgIpc) is 3.79. The minimum absolute atomic E-state index is 0.0125. The van der Waals surface area contributed by atoms with Gasteiger partial charge in [-0.2, -0.15) is 5.10 Å².